The fourth-order valence-electron chi connectivity index (χ4n) is 2.24. The Morgan fingerprint density at radius 1 is 1.59 bits per heavy atom. The lowest BCUT2D eigenvalue weighted by atomic mass is 9.91. The van der Waals surface area contributed by atoms with Crippen molar-refractivity contribution >= 4 is 21.4 Å². The van der Waals surface area contributed by atoms with Crippen LogP contribution in [0.1, 0.15) is 34.3 Å². The number of sulfonamides is 1. The molecule has 3 N–H and O–H groups in total. The third-order valence-electron chi connectivity index (χ3n) is 2.89. The predicted molar refractivity (Wildman–Crippen MR) is 68.5 cm³/mol. The molecule has 0 radical (unpaired) electrons. The molecule has 1 heterocycles. The van der Waals surface area contributed by atoms with E-state index in [4.69, 9.17) is 5.14 Å². The Morgan fingerprint density at radius 2 is 2.35 bits per heavy atom. The van der Waals surface area contributed by atoms with Crippen molar-refractivity contribution in [3.8, 4) is 0 Å². The van der Waals surface area contributed by atoms with E-state index in [1.165, 1.54) is 16.2 Å². The minimum atomic E-state index is -3.47. The molecule has 1 unspecified atom stereocenters. The summed E-state index contributed by atoms with van der Waals surface area (Å²) in [4.78, 5) is 5.69. The van der Waals surface area contributed by atoms with Crippen molar-refractivity contribution in [2.75, 3.05) is 13.6 Å². The molecule has 1 aliphatic carbocycles. The molecule has 0 aliphatic heterocycles. The normalized spacial score (nSPS) is 20.2. The van der Waals surface area contributed by atoms with Gasteiger partial charge in [-0.15, -0.1) is 11.3 Å². The van der Waals surface area contributed by atoms with Gasteiger partial charge in [0, 0.05) is 17.3 Å². The average Bonchev–Trinajstić information content (AvgIpc) is 2.58. The number of primary sulfonamides is 1. The van der Waals surface area contributed by atoms with E-state index in [1.54, 1.807) is 0 Å². The zero-order valence-corrected chi connectivity index (χ0v) is 11.4. The monoisotopic (exact) mass is 275 g/mol. The highest BCUT2D eigenvalue weighted by Crippen LogP contribution is 2.34. The quantitative estimate of drug-likeness (QED) is 0.841. The molecule has 7 heteroatoms. The number of hydrogen-bond acceptors (Lipinski definition) is 5. The van der Waals surface area contributed by atoms with Crippen LogP contribution in [0.15, 0.2) is 0 Å². The van der Waals surface area contributed by atoms with E-state index in [2.05, 4.69) is 10.3 Å². The Hall–Kier alpha value is -0.500. The first-order valence-corrected chi connectivity index (χ1v) is 8.16. The standard InChI is InChI=1S/C10H17N3O2S2/c1-12-5-7-3-2-4-8-10(7)13-9(16-8)6-17(11,14)15/h7,12H,2-6H2,1H3,(H2,11,14,15). The minimum Gasteiger partial charge on any atom is -0.319 e. The van der Waals surface area contributed by atoms with Crippen LogP contribution in [0.25, 0.3) is 0 Å². The second kappa shape index (κ2) is 5.01. The number of fused-ring (bicyclic) bond motifs is 1. The molecular weight excluding hydrogens is 258 g/mol. The van der Waals surface area contributed by atoms with Gasteiger partial charge in [0.15, 0.2) is 0 Å². The molecule has 5 nitrogen and oxygen atoms in total. The Kier molecular flexibility index (Phi) is 3.82. The maximum Gasteiger partial charge on any atom is 0.215 e. The summed E-state index contributed by atoms with van der Waals surface area (Å²) in [5.74, 6) is 0.269. The average molecular weight is 275 g/mol. The van der Waals surface area contributed by atoms with Crippen LogP contribution in [-0.2, 0) is 22.2 Å². The second-order valence-electron chi connectivity index (χ2n) is 4.37. The number of thiazole rings is 1. The van der Waals surface area contributed by atoms with Crippen molar-refractivity contribution in [2.24, 2.45) is 5.14 Å². The van der Waals surface area contributed by atoms with Gasteiger partial charge in [-0.2, -0.15) is 0 Å². The smallest absolute Gasteiger partial charge is 0.215 e. The van der Waals surface area contributed by atoms with Gasteiger partial charge in [0.25, 0.3) is 0 Å². The summed E-state index contributed by atoms with van der Waals surface area (Å²) in [6.45, 7) is 0.894. The molecule has 0 aromatic carbocycles. The zero-order valence-electron chi connectivity index (χ0n) is 9.77. The summed E-state index contributed by atoms with van der Waals surface area (Å²) < 4.78 is 22.1. The van der Waals surface area contributed by atoms with Crippen molar-refractivity contribution in [2.45, 2.75) is 30.9 Å². The van der Waals surface area contributed by atoms with E-state index in [9.17, 15) is 8.42 Å². The van der Waals surface area contributed by atoms with Crippen LogP contribution in [-0.4, -0.2) is 27.0 Å². The maximum absolute atomic E-state index is 11.1. The summed E-state index contributed by atoms with van der Waals surface area (Å²) in [6.07, 6.45) is 3.28. The fourth-order valence-corrected chi connectivity index (χ4v) is 4.37. The zero-order chi connectivity index (χ0) is 12.5. The molecule has 0 spiro atoms. The summed E-state index contributed by atoms with van der Waals surface area (Å²) in [7, 11) is -1.55. The molecule has 96 valence electrons. The molecule has 0 bridgehead atoms. The highest BCUT2D eigenvalue weighted by Gasteiger charge is 2.25. The van der Waals surface area contributed by atoms with Gasteiger partial charge < -0.3 is 5.32 Å². The van der Waals surface area contributed by atoms with Crippen molar-refractivity contribution in [3.63, 3.8) is 0 Å². The van der Waals surface area contributed by atoms with E-state index in [0.29, 0.717) is 10.9 Å². The van der Waals surface area contributed by atoms with Crippen LogP contribution in [0, 0.1) is 0 Å². The van der Waals surface area contributed by atoms with Crippen LogP contribution in [0.2, 0.25) is 0 Å². The molecule has 2 rings (SSSR count). The molecule has 1 aromatic rings. The van der Waals surface area contributed by atoms with Crippen molar-refractivity contribution < 1.29 is 8.42 Å². The van der Waals surface area contributed by atoms with Crippen molar-refractivity contribution in [1.82, 2.24) is 10.3 Å². The molecule has 0 saturated carbocycles. The Morgan fingerprint density at radius 3 is 3.00 bits per heavy atom. The SMILES string of the molecule is CNCC1CCCc2sc(CS(N)(=O)=O)nc21. The lowest BCUT2D eigenvalue weighted by Gasteiger charge is -2.20. The number of likely N-dealkylation sites (N-methyl/N-ethyl adjacent to an activating group) is 1. The second-order valence-corrected chi connectivity index (χ2v) is 7.15. The molecular formula is C10H17N3O2S2. The van der Waals surface area contributed by atoms with Crippen LogP contribution < -0.4 is 10.5 Å². The number of nitrogens with one attached hydrogen (secondary N) is 1. The van der Waals surface area contributed by atoms with E-state index in [-0.39, 0.29) is 5.75 Å². The molecule has 0 amide bonds. The molecule has 17 heavy (non-hydrogen) atoms. The predicted octanol–water partition coefficient (Wildman–Crippen LogP) is 0.571. The molecule has 1 atom stereocenters. The minimum absolute atomic E-state index is 0.142. The number of aromatic nitrogens is 1. The van der Waals surface area contributed by atoms with Gasteiger partial charge in [-0.25, -0.2) is 18.5 Å². The third-order valence-corrected chi connectivity index (χ3v) is 4.88. The van der Waals surface area contributed by atoms with E-state index in [1.807, 2.05) is 7.05 Å². The molecule has 1 aliphatic rings. The first kappa shape index (κ1) is 12.9. The maximum atomic E-state index is 11.1. The summed E-state index contributed by atoms with van der Waals surface area (Å²) in [5.41, 5.74) is 1.08. The molecule has 0 fully saturated rings. The topological polar surface area (TPSA) is 85.1 Å². The van der Waals surface area contributed by atoms with Gasteiger partial charge in [-0.3, -0.25) is 0 Å². The lowest BCUT2D eigenvalue weighted by Crippen LogP contribution is -2.21. The molecule has 0 saturated heterocycles. The number of hydrogen-bond donors (Lipinski definition) is 2. The van der Waals surface area contributed by atoms with E-state index < -0.39 is 10.0 Å². The van der Waals surface area contributed by atoms with Crippen LogP contribution in [0.5, 0.6) is 0 Å². The van der Waals surface area contributed by atoms with Gasteiger partial charge in [0.1, 0.15) is 10.8 Å². The van der Waals surface area contributed by atoms with Crippen molar-refractivity contribution in [3.05, 3.63) is 15.6 Å². The van der Waals surface area contributed by atoms with Gasteiger partial charge in [-0.05, 0) is 26.3 Å². The summed E-state index contributed by atoms with van der Waals surface area (Å²) in [5, 5.41) is 8.83. The van der Waals surface area contributed by atoms with E-state index in [0.717, 1.165) is 31.5 Å². The van der Waals surface area contributed by atoms with Gasteiger partial charge in [0.05, 0.1) is 5.69 Å². The number of rotatable bonds is 4. The highest BCUT2D eigenvalue weighted by molar-refractivity contribution is 7.88. The molecule has 1 aromatic heterocycles. The van der Waals surface area contributed by atoms with Crippen molar-refractivity contribution in [1.29, 1.82) is 0 Å². The number of aryl methyl sites for hydroxylation is 1. The largest absolute Gasteiger partial charge is 0.319 e. The first-order valence-electron chi connectivity index (χ1n) is 5.63. The lowest BCUT2D eigenvalue weighted by molar-refractivity contribution is 0.522. The number of nitrogens with zero attached hydrogens (tertiary/aromatic N) is 1. The van der Waals surface area contributed by atoms with Gasteiger partial charge in [0.2, 0.25) is 10.0 Å². The van der Waals surface area contributed by atoms with Gasteiger partial charge in [-0.1, -0.05) is 0 Å². The summed E-state index contributed by atoms with van der Waals surface area (Å²) in [6, 6.07) is 0. The van der Waals surface area contributed by atoms with Crippen LogP contribution >= 0.6 is 11.3 Å². The Labute approximate surface area is 105 Å². The van der Waals surface area contributed by atoms with E-state index >= 15 is 0 Å². The first-order chi connectivity index (χ1) is 7.99. The Bertz CT molecular complexity index is 496. The van der Waals surface area contributed by atoms with Gasteiger partial charge >= 0.3 is 0 Å². The summed E-state index contributed by atoms with van der Waals surface area (Å²) >= 11 is 1.49. The van der Waals surface area contributed by atoms with Crippen LogP contribution in [0.3, 0.4) is 0 Å². The highest BCUT2D eigenvalue weighted by atomic mass is 32.2. The number of nitrogens with two attached hydrogens (primary N) is 1. The Balaban J connectivity index is 2.24. The van der Waals surface area contributed by atoms with Crippen LogP contribution in [0.4, 0.5) is 0 Å². The third kappa shape index (κ3) is 3.25. The fraction of sp³-hybridized carbons (Fsp3) is 0.700.